The molecule has 0 N–H and O–H groups in total. The highest BCUT2D eigenvalue weighted by Gasteiger charge is 2.35. The summed E-state index contributed by atoms with van der Waals surface area (Å²) in [6.07, 6.45) is 4.56. The van der Waals surface area contributed by atoms with Crippen molar-refractivity contribution in [1.82, 2.24) is 4.90 Å². The van der Waals surface area contributed by atoms with Crippen molar-refractivity contribution in [3.8, 4) is 11.5 Å². The summed E-state index contributed by atoms with van der Waals surface area (Å²) in [7, 11) is 6.91. The van der Waals surface area contributed by atoms with Crippen LogP contribution in [-0.4, -0.2) is 77.8 Å². The summed E-state index contributed by atoms with van der Waals surface area (Å²) >= 11 is 0. The maximum atomic E-state index is 12.3. The van der Waals surface area contributed by atoms with E-state index in [2.05, 4.69) is 49.1 Å². The van der Waals surface area contributed by atoms with Crippen molar-refractivity contribution < 1.29 is 28.5 Å². The highest BCUT2D eigenvalue weighted by atomic mass is 16.6. The summed E-state index contributed by atoms with van der Waals surface area (Å²) in [6, 6.07) is 14.8. The number of hydrogen-bond acceptors (Lipinski definition) is 7. The molecule has 0 bridgehead atoms. The fourth-order valence-electron chi connectivity index (χ4n) is 6.11. The first kappa shape index (κ1) is 32.0. The van der Waals surface area contributed by atoms with Gasteiger partial charge in [-0.1, -0.05) is 32.0 Å². The molecule has 1 aliphatic heterocycles. The van der Waals surface area contributed by atoms with E-state index in [1.54, 1.807) is 28.3 Å². The monoisotopic (exact) mass is 582 g/mol. The van der Waals surface area contributed by atoms with Crippen LogP contribution in [0.1, 0.15) is 63.0 Å². The summed E-state index contributed by atoms with van der Waals surface area (Å²) < 4.78 is 29.2. The van der Waals surface area contributed by atoms with Crippen molar-refractivity contribution in [1.29, 1.82) is 0 Å². The van der Waals surface area contributed by atoms with Gasteiger partial charge in [-0.3, -0.25) is 0 Å². The molecule has 1 heterocycles. The van der Waals surface area contributed by atoms with E-state index >= 15 is 0 Å². The Morgan fingerprint density at radius 3 is 2.57 bits per heavy atom. The van der Waals surface area contributed by atoms with Crippen LogP contribution in [0.25, 0.3) is 0 Å². The van der Waals surface area contributed by atoms with Crippen LogP contribution in [0, 0.1) is 11.8 Å². The molecule has 0 saturated heterocycles. The topological polar surface area (TPSA) is 69.7 Å². The maximum absolute atomic E-state index is 12.3. The number of ether oxygens (including phenoxy) is 5. The van der Waals surface area contributed by atoms with Crippen LogP contribution in [0.3, 0.4) is 0 Å². The van der Waals surface area contributed by atoms with Crippen molar-refractivity contribution in [2.24, 2.45) is 11.8 Å². The average Bonchev–Trinajstić information content (AvgIpc) is 3.00. The Morgan fingerprint density at radius 2 is 1.88 bits per heavy atom. The number of carbonyl (C=O) groups excluding carboxylic acids is 1. The molecule has 8 heteroatoms. The molecule has 0 spiro atoms. The van der Waals surface area contributed by atoms with Gasteiger partial charge in [0.05, 0.1) is 32.1 Å². The minimum absolute atomic E-state index is 0.0987. The van der Waals surface area contributed by atoms with Crippen molar-refractivity contribution in [3.63, 3.8) is 0 Å². The molecule has 8 nitrogen and oxygen atoms in total. The number of rotatable bonds is 13. The Bertz CT molecular complexity index is 1120. The number of methoxy groups -OCH3 is 2. The normalized spacial score (nSPS) is 20.9. The minimum atomic E-state index is -0.273. The zero-order valence-electron chi connectivity index (χ0n) is 26.3. The number of fused-ring (bicyclic) bond motifs is 1. The summed E-state index contributed by atoms with van der Waals surface area (Å²) in [5.74, 6) is 2.74. The lowest BCUT2D eigenvalue weighted by atomic mass is 9.73. The molecular weight excluding hydrogens is 532 g/mol. The van der Waals surface area contributed by atoms with E-state index in [4.69, 9.17) is 23.7 Å². The molecule has 4 atom stereocenters. The number of carbonyl (C=O) groups is 1. The molecule has 42 heavy (non-hydrogen) atoms. The van der Waals surface area contributed by atoms with Gasteiger partial charge in [-0.2, -0.15) is 0 Å². The highest BCUT2D eigenvalue weighted by Crippen LogP contribution is 2.42. The zero-order valence-corrected chi connectivity index (χ0v) is 26.3. The van der Waals surface area contributed by atoms with Gasteiger partial charge in [0.1, 0.15) is 24.2 Å². The molecule has 1 aliphatic carbocycles. The molecule has 2 aromatic carbocycles. The largest absolute Gasteiger partial charge is 0.497 e. The van der Waals surface area contributed by atoms with E-state index in [0.29, 0.717) is 19.1 Å². The van der Waals surface area contributed by atoms with Crippen molar-refractivity contribution in [3.05, 3.63) is 53.6 Å². The molecule has 232 valence electrons. The van der Waals surface area contributed by atoms with Gasteiger partial charge in [0.25, 0.3) is 0 Å². The van der Waals surface area contributed by atoms with E-state index in [1.807, 2.05) is 12.1 Å². The van der Waals surface area contributed by atoms with E-state index in [9.17, 15) is 4.79 Å². The first-order valence-corrected chi connectivity index (χ1v) is 15.4. The molecule has 2 aromatic rings. The molecule has 0 aromatic heterocycles. The molecule has 2 aliphatic rings. The van der Waals surface area contributed by atoms with Gasteiger partial charge in [-0.25, -0.2) is 4.79 Å². The second kappa shape index (κ2) is 15.5. The first-order valence-electron chi connectivity index (χ1n) is 15.4. The van der Waals surface area contributed by atoms with Crippen LogP contribution in [0.2, 0.25) is 0 Å². The lowest BCUT2D eigenvalue weighted by molar-refractivity contribution is -0.0197. The third-order valence-corrected chi connectivity index (χ3v) is 8.59. The molecule has 1 fully saturated rings. The lowest BCUT2D eigenvalue weighted by Gasteiger charge is -2.38. The van der Waals surface area contributed by atoms with Gasteiger partial charge in [0.2, 0.25) is 0 Å². The maximum Gasteiger partial charge on any atom is 0.409 e. The fraction of sp³-hybridized carbons (Fsp3) is 0.618. The number of amides is 1. The first-order chi connectivity index (χ1) is 20.3. The van der Waals surface area contributed by atoms with E-state index in [-0.39, 0.29) is 30.1 Å². The van der Waals surface area contributed by atoms with E-state index in [1.165, 1.54) is 10.5 Å². The van der Waals surface area contributed by atoms with Crippen LogP contribution >= 0.6 is 0 Å². The molecule has 1 saturated carbocycles. The average molecular weight is 583 g/mol. The van der Waals surface area contributed by atoms with Crippen LogP contribution in [-0.2, 0) is 20.8 Å². The Balaban J connectivity index is 1.46. The van der Waals surface area contributed by atoms with Gasteiger partial charge >= 0.3 is 6.09 Å². The second-order valence-electron chi connectivity index (χ2n) is 12.2. The Morgan fingerprint density at radius 1 is 1.10 bits per heavy atom. The number of nitrogens with zero attached hydrogens (tertiary/aromatic N) is 2. The predicted molar refractivity (Wildman–Crippen MR) is 166 cm³/mol. The van der Waals surface area contributed by atoms with Crippen LogP contribution in [0.15, 0.2) is 42.5 Å². The number of hydrogen-bond donors (Lipinski definition) is 0. The van der Waals surface area contributed by atoms with E-state index < -0.39 is 0 Å². The van der Waals surface area contributed by atoms with Gasteiger partial charge in [0, 0.05) is 40.3 Å². The standard InChI is InChI=1S/C34H50N2O6/c1-24(2)33(42-34(37)35(3)4)22-25-8-14-31(29(20-25)27-10-12-28(39-6)13-11-27)41-23-26-9-15-32-30(21-26)36(17-19-40-32)16-7-18-38-5/h9-13,15,21,24-25,29,31,33H,7-8,14,16-20,22-23H2,1-6H3/t25-,29-,31+,33-/m1/s1. The number of benzene rings is 2. The smallest absolute Gasteiger partial charge is 0.409 e. The predicted octanol–water partition coefficient (Wildman–Crippen LogP) is 6.51. The van der Waals surface area contributed by atoms with Crippen LogP contribution < -0.4 is 14.4 Å². The quantitative estimate of drug-likeness (QED) is 0.249. The Hall–Kier alpha value is -2.97. The van der Waals surface area contributed by atoms with Gasteiger partial charge in [-0.15, -0.1) is 0 Å². The zero-order chi connectivity index (χ0) is 30.1. The second-order valence-corrected chi connectivity index (χ2v) is 12.2. The lowest BCUT2D eigenvalue weighted by Crippen LogP contribution is -2.35. The summed E-state index contributed by atoms with van der Waals surface area (Å²) in [5, 5.41) is 0. The molecule has 1 amide bonds. The van der Waals surface area contributed by atoms with E-state index in [0.717, 1.165) is 74.6 Å². The van der Waals surface area contributed by atoms with Crippen molar-refractivity contribution in [2.75, 3.05) is 59.5 Å². The molecular formula is C34H50N2O6. The third-order valence-electron chi connectivity index (χ3n) is 8.59. The fourth-order valence-corrected chi connectivity index (χ4v) is 6.11. The summed E-state index contributed by atoms with van der Waals surface area (Å²) in [6.45, 7) is 8.09. The van der Waals surface area contributed by atoms with Crippen molar-refractivity contribution >= 4 is 11.8 Å². The van der Waals surface area contributed by atoms with Crippen molar-refractivity contribution in [2.45, 2.75) is 70.7 Å². The number of anilines is 1. The van der Waals surface area contributed by atoms with Gasteiger partial charge in [-0.05, 0) is 79.3 Å². The minimum Gasteiger partial charge on any atom is -0.497 e. The van der Waals surface area contributed by atoms with Crippen LogP contribution in [0.5, 0.6) is 11.5 Å². The molecule has 0 unspecified atom stereocenters. The Kier molecular flexibility index (Phi) is 11.8. The van der Waals surface area contributed by atoms with Gasteiger partial charge in [0.15, 0.2) is 0 Å². The summed E-state index contributed by atoms with van der Waals surface area (Å²) in [4.78, 5) is 16.2. The highest BCUT2D eigenvalue weighted by molar-refractivity contribution is 5.67. The molecule has 4 rings (SSSR count). The van der Waals surface area contributed by atoms with Gasteiger partial charge < -0.3 is 33.5 Å². The molecule has 0 radical (unpaired) electrons. The Labute approximate surface area is 252 Å². The summed E-state index contributed by atoms with van der Waals surface area (Å²) in [5.41, 5.74) is 3.56. The SMILES string of the molecule is COCCCN1CCOc2ccc(CO[C@H]3CC[C@@H](C[C@@H](OC(=O)N(C)C)C(C)C)C[C@@H]3c3ccc(OC)cc3)cc21. The third kappa shape index (κ3) is 8.54. The van der Waals surface area contributed by atoms with Crippen LogP contribution in [0.4, 0.5) is 10.5 Å².